The standard InChI is InChI=1S/C28H30F3NO6/c29-28(30,31)23(33)26(13-7-8-14-26)24(34)38-22-18-32(25(35)37-19-21-11-5-2-6-12-21)16-15-27(22,36)17-20-9-3-1-4-10-20/h1-6,9-12,22,36H,7-8,13-19H2/t22-,27+/m0/s1. The fourth-order valence-electron chi connectivity index (χ4n) is 5.24. The van der Waals surface area contributed by atoms with Gasteiger partial charge in [-0.25, -0.2) is 4.79 Å². The van der Waals surface area contributed by atoms with Gasteiger partial charge in [-0.15, -0.1) is 0 Å². The Morgan fingerprint density at radius 1 is 0.921 bits per heavy atom. The predicted molar refractivity (Wildman–Crippen MR) is 130 cm³/mol. The molecule has 1 N–H and O–H groups in total. The van der Waals surface area contributed by atoms with Gasteiger partial charge < -0.3 is 19.5 Å². The quantitative estimate of drug-likeness (QED) is 0.413. The summed E-state index contributed by atoms with van der Waals surface area (Å²) >= 11 is 0. The topological polar surface area (TPSA) is 93.1 Å². The number of likely N-dealkylation sites (tertiary alicyclic amines) is 1. The van der Waals surface area contributed by atoms with Crippen LogP contribution in [0.5, 0.6) is 0 Å². The van der Waals surface area contributed by atoms with Gasteiger partial charge in [-0.05, 0) is 30.4 Å². The van der Waals surface area contributed by atoms with Crippen molar-refractivity contribution in [3.63, 3.8) is 0 Å². The summed E-state index contributed by atoms with van der Waals surface area (Å²) in [5.74, 6) is -3.44. The van der Waals surface area contributed by atoms with Crippen LogP contribution in [0.25, 0.3) is 0 Å². The number of aliphatic hydroxyl groups is 1. The van der Waals surface area contributed by atoms with Crippen LogP contribution in [0.15, 0.2) is 60.7 Å². The van der Waals surface area contributed by atoms with Gasteiger partial charge in [0.15, 0.2) is 0 Å². The van der Waals surface area contributed by atoms with E-state index in [4.69, 9.17) is 9.47 Å². The van der Waals surface area contributed by atoms with E-state index in [0.717, 1.165) is 11.1 Å². The number of hydrogen-bond acceptors (Lipinski definition) is 6. The van der Waals surface area contributed by atoms with Gasteiger partial charge in [0.2, 0.25) is 0 Å². The number of ketones is 1. The van der Waals surface area contributed by atoms with Crippen molar-refractivity contribution in [2.24, 2.45) is 5.41 Å². The first-order valence-corrected chi connectivity index (χ1v) is 12.6. The van der Waals surface area contributed by atoms with Crippen molar-refractivity contribution in [1.29, 1.82) is 0 Å². The molecule has 0 radical (unpaired) electrons. The van der Waals surface area contributed by atoms with Gasteiger partial charge in [-0.1, -0.05) is 73.5 Å². The van der Waals surface area contributed by atoms with Crippen LogP contribution in [0.1, 0.15) is 43.2 Å². The molecule has 0 spiro atoms. The maximum atomic E-state index is 13.4. The summed E-state index contributed by atoms with van der Waals surface area (Å²) in [7, 11) is 0. The highest BCUT2D eigenvalue weighted by atomic mass is 19.4. The lowest BCUT2D eigenvalue weighted by Gasteiger charge is -2.44. The van der Waals surface area contributed by atoms with Crippen molar-refractivity contribution in [3.05, 3.63) is 71.8 Å². The van der Waals surface area contributed by atoms with E-state index in [2.05, 4.69) is 0 Å². The first-order chi connectivity index (χ1) is 18.0. The van der Waals surface area contributed by atoms with E-state index in [-0.39, 0.29) is 58.2 Å². The SMILES string of the molecule is O=C(OCc1ccccc1)N1CC[C@@](O)(Cc2ccccc2)[C@@H](OC(=O)C2(C(=O)C(F)(F)F)CCCC2)C1. The van der Waals surface area contributed by atoms with Gasteiger partial charge in [0.1, 0.15) is 23.7 Å². The largest absolute Gasteiger partial charge is 0.457 e. The molecule has 1 aliphatic heterocycles. The van der Waals surface area contributed by atoms with E-state index >= 15 is 0 Å². The van der Waals surface area contributed by atoms with Crippen LogP contribution in [0.3, 0.4) is 0 Å². The summed E-state index contributed by atoms with van der Waals surface area (Å²) in [6.07, 6.45) is -7.27. The van der Waals surface area contributed by atoms with E-state index < -0.39 is 41.1 Å². The van der Waals surface area contributed by atoms with Crippen molar-refractivity contribution in [3.8, 4) is 0 Å². The van der Waals surface area contributed by atoms with Crippen LogP contribution in [-0.2, 0) is 32.1 Å². The number of nitrogens with zero attached hydrogens (tertiary/aromatic N) is 1. The molecule has 38 heavy (non-hydrogen) atoms. The second-order valence-corrected chi connectivity index (χ2v) is 10.0. The lowest BCUT2D eigenvalue weighted by molar-refractivity contribution is -0.200. The van der Waals surface area contributed by atoms with Crippen LogP contribution in [0.2, 0.25) is 0 Å². The Morgan fingerprint density at radius 2 is 1.50 bits per heavy atom. The molecule has 0 unspecified atom stereocenters. The van der Waals surface area contributed by atoms with Gasteiger partial charge in [0.25, 0.3) is 5.78 Å². The van der Waals surface area contributed by atoms with Crippen molar-refractivity contribution in [1.82, 2.24) is 4.90 Å². The highest BCUT2D eigenvalue weighted by Gasteiger charge is 2.60. The van der Waals surface area contributed by atoms with Gasteiger partial charge in [-0.3, -0.25) is 9.59 Å². The summed E-state index contributed by atoms with van der Waals surface area (Å²) in [4.78, 5) is 39.7. The normalized spacial score (nSPS) is 23.1. The van der Waals surface area contributed by atoms with E-state index in [1.807, 2.05) is 6.07 Å². The van der Waals surface area contributed by atoms with E-state index in [0.29, 0.717) is 0 Å². The number of Topliss-reactive ketones (excluding diaryl/α,β-unsaturated/α-hetero) is 1. The molecule has 2 aromatic rings. The molecule has 4 rings (SSSR count). The van der Waals surface area contributed by atoms with E-state index in [1.54, 1.807) is 54.6 Å². The minimum Gasteiger partial charge on any atom is -0.457 e. The zero-order chi connectivity index (χ0) is 27.4. The smallest absolute Gasteiger partial charge is 0.451 e. The van der Waals surface area contributed by atoms with Crippen LogP contribution in [-0.4, -0.2) is 58.8 Å². The number of esters is 1. The maximum Gasteiger partial charge on any atom is 0.451 e. The predicted octanol–water partition coefficient (Wildman–Crippen LogP) is 4.61. The summed E-state index contributed by atoms with van der Waals surface area (Å²) in [5.41, 5.74) is -2.54. The van der Waals surface area contributed by atoms with Crippen molar-refractivity contribution < 1.29 is 42.1 Å². The highest BCUT2D eigenvalue weighted by molar-refractivity contribution is 6.06. The molecule has 2 atom stereocenters. The average Bonchev–Trinajstić information content (AvgIpc) is 3.40. The number of rotatable bonds is 7. The summed E-state index contributed by atoms with van der Waals surface area (Å²) in [6.45, 7) is -0.214. The third-order valence-corrected chi connectivity index (χ3v) is 7.41. The summed E-state index contributed by atoms with van der Waals surface area (Å²) in [5, 5.41) is 11.6. The minimum absolute atomic E-state index is 0.00188. The molecular formula is C28H30F3NO6. The molecule has 10 heteroatoms. The third-order valence-electron chi connectivity index (χ3n) is 7.41. The summed E-state index contributed by atoms with van der Waals surface area (Å²) < 4.78 is 51.3. The molecule has 204 valence electrons. The Kier molecular flexibility index (Phi) is 8.10. The lowest BCUT2D eigenvalue weighted by Crippen LogP contribution is -2.60. The second kappa shape index (κ2) is 11.1. The van der Waals surface area contributed by atoms with E-state index in [9.17, 15) is 32.7 Å². The number of alkyl halides is 3. The number of benzene rings is 2. The van der Waals surface area contributed by atoms with Crippen molar-refractivity contribution >= 4 is 17.8 Å². The number of ether oxygens (including phenoxy) is 2. The Hall–Kier alpha value is -3.40. The van der Waals surface area contributed by atoms with Crippen LogP contribution in [0, 0.1) is 5.41 Å². The molecule has 1 heterocycles. The number of amides is 1. The molecule has 2 aliphatic rings. The average molecular weight is 534 g/mol. The zero-order valence-corrected chi connectivity index (χ0v) is 20.8. The second-order valence-electron chi connectivity index (χ2n) is 10.0. The van der Waals surface area contributed by atoms with E-state index in [1.165, 1.54) is 4.90 Å². The van der Waals surface area contributed by atoms with Crippen LogP contribution < -0.4 is 0 Å². The fraction of sp³-hybridized carbons (Fsp3) is 0.464. The molecule has 0 bridgehead atoms. The van der Waals surface area contributed by atoms with Crippen LogP contribution >= 0.6 is 0 Å². The molecular weight excluding hydrogens is 503 g/mol. The third kappa shape index (κ3) is 6.01. The number of piperidine rings is 1. The van der Waals surface area contributed by atoms with Gasteiger partial charge >= 0.3 is 18.2 Å². The van der Waals surface area contributed by atoms with Gasteiger partial charge in [0, 0.05) is 13.0 Å². The van der Waals surface area contributed by atoms with Crippen LogP contribution in [0.4, 0.5) is 18.0 Å². The fourth-order valence-corrected chi connectivity index (χ4v) is 5.24. The molecule has 1 saturated carbocycles. The first-order valence-electron chi connectivity index (χ1n) is 12.6. The number of carbonyl (C=O) groups excluding carboxylic acids is 3. The van der Waals surface area contributed by atoms with Gasteiger partial charge in [0.05, 0.1) is 6.54 Å². The molecule has 0 aromatic heterocycles. The zero-order valence-electron chi connectivity index (χ0n) is 20.8. The molecule has 2 aromatic carbocycles. The molecule has 1 saturated heterocycles. The monoisotopic (exact) mass is 533 g/mol. The highest BCUT2D eigenvalue weighted by Crippen LogP contribution is 2.45. The number of carbonyl (C=O) groups is 3. The first kappa shape index (κ1) is 27.6. The van der Waals surface area contributed by atoms with Crippen molar-refractivity contribution in [2.75, 3.05) is 13.1 Å². The lowest BCUT2D eigenvalue weighted by atomic mass is 9.80. The Bertz CT molecular complexity index is 1130. The Morgan fingerprint density at radius 3 is 2.08 bits per heavy atom. The summed E-state index contributed by atoms with van der Waals surface area (Å²) in [6, 6.07) is 17.8. The molecule has 1 amide bonds. The maximum absolute atomic E-state index is 13.4. The van der Waals surface area contributed by atoms with Gasteiger partial charge in [-0.2, -0.15) is 13.2 Å². The van der Waals surface area contributed by atoms with Crippen molar-refractivity contribution in [2.45, 2.75) is 63.0 Å². The molecule has 1 aliphatic carbocycles. The Balaban J connectivity index is 1.55. The number of hydrogen-bond donors (Lipinski definition) is 1. The molecule has 2 fully saturated rings. The number of halogens is 3. The minimum atomic E-state index is -5.20. The molecule has 7 nitrogen and oxygen atoms in total. The Labute approximate surface area is 218 Å².